The standard InChI is InChI=1S/C6H8O7/c1-11-6(10)13-12-5(9)3-2-4(7)8/h2-3H2,1H3,(H,7,8). The quantitative estimate of drug-likeness (QED) is 0.384. The number of ether oxygens (including phenoxy) is 1. The molecule has 0 aliphatic carbocycles. The molecule has 0 unspecified atom stereocenters. The van der Waals surface area contributed by atoms with Crippen LogP contribution >= 0.6 is 0 Å². The molecule has 0 aromatic rings. The molecule has 0 fully saturated rings. The van der Waals surface area contributed by atoms with Gasteiger partial charge in [-0.2, -0.15) is 4.79 Å². The summed E-state index contributed by atoms with van der Waals surface area (Å²) in [5, 5.41) is 8.15. The first-order chi connectivity index (χ1) is 6.06. The maximum atomic E-state index is 10.5. The van der Waals surface area contributed by atoms with Crippen LogP contribution in [0.2, 0.25) is 0 Å². The lowest BCUT2D eigenvalue weighted by atomic mass is 10.3. The van der Waals surface area contributed by atoms with Crippen molar-refractivity contribution in [2.75, 3.05) is 7.11 Å². The second-order valence-corrected chi connectivity index (χ2v) is 1.89. The van der Waals surface area contributed by atoms with Crippen molar-refractivity contribution in [2.45, 2.75) is 12.8 Å². The fourth-order valence-electron chi connectivity index (χ4n) is 0.365. The van der Waals surface area contributed by atoms with Gasteiger partial charge in [-0.1, -0.05) is 0 Å². The van der Waals surface area contributed by atoms with E-state index in [0.717, 1.165) is 7.11 Å². The summed E-state index contributed by atoms with van der Waals surface area (Å²) < 4.78 is 3.97. The number of carboxylic acid groups (broad SMARTS) is 1. The van der Waals surface area contributed by atoms with E-state index in [0.29, 0.717) is 0 Å². The first kappa shape index (κ1) is 11.2. The topological polar surface area (TPSA) is 99.1 Å². The fourth-order valence-corrected chi connectivity index (χ4v) is 0.365. The number of hydrogen-bond donors (Lipinski definition) is 1. The Morgan fingerprint density at radius 1 is 1.15 bits per heavy atom. The molecule has 0 rings (SSSR count). The SMILES string of the molecule is COC(=O)OOC(=O)CCC(=O)O. The Bertz CT molecular complexity index is 209. The predicted molar refractivity (Wildman–Crippen MR) is 36.5 cm³/mol. The van der Waals surface area contributed by atoms with Gasteiger partial charge < -0.3 is 9.84 Å². The lowest BCUT2D eigenvalue weighted by Crippen LogP contribution is -2.12. The van der Waals surface area contributed by atoms with E-state index in [9.17, 15) is 14.4 Å². The summed E-state index contributed by atoms with van der Waals surface area (Å²) >= 11 is 0. The summed E-state index contributed by atoms with van der Waals surface area (Å²) in [6.07, 6.45) is -1.93. The first-order valence-corrected chi connectivity index (χ1v) is 3.23. The monoisotopic (exact) mass is 192 g/mol. The van der Waals surface area contributed by atoms with Crippen molar-refractivity contribution < 1.29 is 34.0 Å². The highest BCUT2D eigenvalue weighted by Gasteiger charge is 2.10. The van der Waals surface area contributed by atoms with E-state index in [1.54, 1.807) is 0 Å². The normalized spacial score (nSPS) is 8.69. The molecule has 0 radical (unpaired) electrons. The number of carbonyl (C=O) groups is 3. The van der Waals surface area contributed by atoms with Gasteiger partial charge in [-0.05, 0) is 0 Å². The third kappa shape index (κ3) is 6.60. The maximum absolute atomic E-state index is 10.5. The number of carboxylic acids is 1. The summed E-state index contributed by atoms with van der Waals surface area (Å²) in [4.78, 5) is 38.4. The Kier molecular flexibility index (Phi) is 5.01. The summed E-state index contributed by atoms with van der Waals surface area (Å²) in [6.45, 7) is 0. The van der Waals surface area contributed by atoms with Crippen molar-refractivity contribution in [3.05, 3.63) is 0 Å². The number of carbonyl (C=O) groups excluding carboxylic acids is 2. The molecule has 0 bridgehead atoms. The van der Waals surface area contributed by atoms with Crippen molar-refractivity contribution in [2.24, 2.45) is 0 Å². The van der Waals surface area contributed by atoms with Crippen LogP contribution in [0.1, 0.15) is 12.8 Å². The molecular formula is C6H8O7. The first-order valence-electron chi connectivity index (χ1n) is 3.23. The summed E-state index contributed by atoms with van der Waals surface area (Å²) in [5.41, 5.74) is 0. The highest BCUT2D eigenvalue weighted by Crippen LogP contribution is 1.94. The van der Waals surface area contributed by atoms with Gasteiger partial charge in [-0.3, -0.25) is 4.79 Å². The third-order valence-electron chi connectivity index (χ3n) is 0.912. The van der Waals surface area contributed by atoms with Crippen LogP contribution in [0.3, 0.4) is 0 Å². The molecule has 0 aromatic carbocycles. The number of aliphatic carboxylic acids is 1. The molecule has 0 aliphatic heterocycles. The maximum Gasteiger partial charge on any atom is 0.549 e. The van der Waals surface area contributed by atoms with Gasteiger partial charge in [-0.15, -0.1) is 0 Å². The molecule has 0 heterocycles. The van der Waals surface area contributed by atoms with E-state index in [-0.39, 0.29) is 12.8 Å². The fraction of sp³-hybridized carbons (Fsp3) is 0.500. The van der Waals surface area contributed by atoms with E-state index in [2.05, 4.69) is 14.5 Å². The molecule has 0 atom stereocenters. The number of methoxy groups -OCH3 is 1. The summed E-state index contributed by atoms with van der Waals surface area (Å²) in [6, 6.07) is 0. The molecule has 74 valence electrons. The average Bonchev–Trinajstić information content (AvgIpc) is 2.10. The van der Waals surface area contributed by atoms with E-state index in [4.69, 9.17) is 5.11 Å². The molecule has 7 nitrogen and oxygen atoms in total. The highest BCUT2D eigenvalue weighted by molar-refractivity contribution is 5.76. The van der Waals surface area contributed by atoms with Crippen LogP contribution in [0, 0.1) is 0 Å². The van der Waals surface area contributed by atoms with Gasteiger partial charge in [0.25, 0.3) is 0 Å². The van der Waals surface area contributed by atoms with Crippen molar-refractivity contribution in [3.63, 3.8) is 0 Å². The average molecular weight is 192 g/mol. The minimum absolute atomic E-state index is 0.369. The van der Waals surface area contributed by atoms with Crippen molar-refractivity contribution in [3.8, 4) is 0 Å². The number of rotatable bonds is 3. The van der Waals surface area contributed by atoms with Crippen LogP contribution in [0.15, 0.2) is 0 Å². The number of hydrogen-bond acceptors (Lipinski definition) is 6. The molecule has 7 heteroatoms. The third-order valence-corrected chi connectivity index (χ3v) is 0.912. The van der Waals surface area contributed by atoms with Crippen LogP contribution in [-0.2, 0) is 24.1 Å². The van der Waals surface area contributed by atoms with Gasteiger partial charge in [0.1, 0.15) is 0 Å². The predicted octanol–water partition coefficient (Wildman–Crippen LogP) is 0.0924. The molecule has 0 aromatic heterocycles. The van der Waals surface area contributed by atoms with Crippen LogP contribution < -0.4 is 0 Å². The van der Waals surface area contributed by atoms with Crippen LogP contribution in [0.4, 0.5) is 4.79 Å². The minimum atomic E-state index is -1.18. The van der Waals surface area contributed by atoms with E-state index >= 15 is 0 Å². The van der Waals surface area contributed by atoms with Crippen LogP contribution in [0.5, 0.6) is 0 Å². The highest BCUT2D eigenvalue weighted by atomic mass is 17.2. The van der Waals surface area contributed by atoms with Gasteiger partial charge in [0, 0.05) is 0 Å². The zero-order valence-electron chi connectivity index (χ0n) is 6.81. The largest absolute Gasteiger partial charge is 0.549 e. The van der Waals surface area contributed by atoms with E-state index < -0.39 is 18.1 Å². The van der Waals surface area contributed by atoms with Gasteiger partial charge in [0.15, 0.2) is 0 Å². The minimum Gasteiger partial charge on any atom is -0.481 e. The molecule has 0 spiro atoms. The molecule has 0 saturated heterocycles. The summed E-state index contributed by atoms with van der Waals surface area (Å²) in [5.74, 6) is -2.09. The van der Waals surface area contributed by atoms with Crippen molar-refractivity contribution in [1.29, 1.82) is 0 Å². The Morgan fingerprint density at radius 3 is 2.23 bits per heavy atom. The van der Waals surface area contributed by atoms with Gasteiger partial charge in [0.2, 0.25) is 0 Å². The smallest absolute Gasteiger partial charge is 0.481 e. The van der Waals surface area contributed by atoms with Gasteiger partial charge >= 0.3 is 18.1 Å². The Labute approximate surface area is 73.1 Å². The van der Waals surface area contributed by atoms with Crippen LogP contribution in [0.25, 0.3) is 0 Å². The lowest BCUT2D eigenvalue weighted by molar-refractivity contribution is -0.242. The van der Waals surface area contributed by atoms with Gasteiger partial charge in [0.05, 0.1) is 20.0 Å². The molecule has 13 heavy (non-hydrogen) atoms. The molecular weight excluding hydrogens is 184 g/mol. The lowest BCUT2D eigenvalue weighted by Gasteiger charge is -1.99. The second-order valence-electron chi connectivity index (χ2n) is 1.89. The molecule has 1 N–H and O–H groups in total. The zero-order valence-corrected chi connectivity index (χ0v) is 6.81. The summed E-state index contributed by atoms with van der Waals surface area (Å²) in [7, 11) is 1.04. The van der Waals surface area contributed by atoms with Gasteiger partial charge in [-0.25, -0.2) is 14.6 Å². The second kappa shape index (κ2) is 5.81. The van der Waals surface area contributed by atoms with Crippen LogP contribution in [-0.4, -0.2) is 30.3 Å². The van der Waals surface area contributed by atoms with Crippen molar-refractivity contribution >= 4 is 18.1 Å². The van der Waals surface area contributed by atoms with Crippen molar-refractivity contribution in [1.82, 2.24) is 0 Å². The Hall–Kier alpha value is -1.79. The molecule has 0 aliphatic rings. The Morgan fingerprint density at radius 2 is 1.77 bits per heavy atom. The zero-order chi connectivity index (χ0) is 10.3. The van der Waals surface area contributed by atoms with E-state index in [1.165, 1.54) is 0 Å². The van der Waals surface area contributed by atoms with E-state index in [1.807, 2.05) is 0 Å². The molecule has 0 saturated carbocycles. The molecule has 0 amide bonds. The Balaban J connectivity index is 3.52.